The van der Waals surface area contributed by atoms with Crippen LogP contribution in [0.2, 0.25) is 10.4 Å². The maximum Gasteiger partial charge on any atom is 0.224 e. The van der Waals surface area contributed by atoms with E-state index in [0.29, 0.717) is 17.2 Å². The third-order valence-electron chi connectivity index (χ3n) is 1.67. The Bertz CT molecular complexity index is 331. The molecule has 1 aromatic heterocycles. The Labute approximate surface area is 78.1 Å². The molecule has 0 saturated heterocycles. The van der Waals surface area contributed by atoms with Crippen molar-refractivity contribution >= 4 is 28.9 Å². The van der Waals surface area contributed by atoms with Gasteiger partial charge in [0.2, 0.25) is 5.28 Å². The van der Waals surface area contributed by atoms with Crippen LogP contribution in [0.4, 0.5) is 10.2 Å². The summed E-state index contributed by atoms with van der Waals surface area (Å²) in [4.78, 5) is 7.49. The summed E-state index contributed by atoms with van der Waals surface area (Å²) in [6.07, 6.45) is 0.522. The molecular formula is C6H4Cl2FN3. The van der Waals surface area contributed by atoms with E-state index in [1.54, 1.807) is 0 Å². The summed E-state index contributed by atoms with van der Waals surface area (Å²) in [5.41, 5.74) is 0.823. The van der Waals surface area contributed by atoms with Crippen LogP contribution in [0, 0.1) is 0 Å². The number of nitrogens with zero attached hydrogens (tertiary/aromatic N) is 3. The molecule has 12 heavy (non-hydrogen) atoms. The fourth-order valence-electron chi connectivity index (χ4n) is 1.17. The fourth-order valence-corrected chi connectivity index (χ4v) is 1.68. The number of halogens is 3. The van der Waals surface area contributed by atoms with E-state index in [2.05, 4.69) is 9.97 Å². The first-order chi connectivity index (χ1) is 5.68. The maximum absolute atomic E-state index is 12.9. The fraction of sp³-hybridized carbons (Fsp3) is 0.333. The maximum atomic E-state index is 12.9. The minimum atomic E-state index is 0.0639. The molecule has 0 bridgehead atoms. The van der Waals surface area contributed by atoms with Gasteiger partial charge < -0.3 is 0 Å². The van der Waals surface area contributed by atoms with Crippen LogP contribution in [0.3, 0.4) is 0 Å². The number of anilines is 1. The second-order valence-corrected chi connectivity index (χ2v) is 3.11. The van der Waals surface area contributed by atoms with Crippen LogP contribution < -0.4 is 5.12 Å². The highest BCUT2D eigenvalue weighted by molar-refractivity contribution is 6.33. The second-order valence-electron chi connectivity index (χ2n) is 2.41. The van der Waals surface area contributed by atoms with Crippen LogP contribution in [0.15, 0.2) is 0 Å². The molecule has 6 heteroatoms. The van der Waals surface area contributed by atoms with E-state index in [1.165, 1.54) is 0 Å². The van der Waals surface area contributed by atoms with Crippen LogP contribution >= 0.6 is 23.2 Å². The molecule has 1 aromatic rings. The van der Waals surface area contributed by atoms with Gasteiger partial charge in [0.1, 0.15) is 5.69 Å². The van der Waals surface area contributed by atoms with E-state index in [0.717, 1.165) is 0 Å². The number of hydrogen-bond acceptors (Lipinski definition) is 3. The molecule has 1 aliphatic rings. The lowest BCUT2D eigenvalue weighted by Crippen LogP contribution is -2.07. The molecule has 2 heterocycles. The monoisotopic (exact) mass is 207 g/mol. The smallest absolute Gasteiger partial charge is 0.221 e. The van der Waals surface area contributed by atoms with Crippen molar-refractivity contribution in [2.75, 3.05) is 11.7 Å². The van der Waals surface area contributed by atoms with Gasteiger partial charge in [0.05, 0.1) is 12.2 Å². The van der Waals surface area contributed by atoms with Crippen molar-refractivity contribution in [2.45, 2.75) is 6.42 Å². The van der Waals surface area contributed by atoms with Gasteiger partial charge in [-0.25, -0.2) is 15.1 Å². The Kier molecular flexibility index (Phi) is 1.81. The standard InChI is InChI=1S/C6H4Cl2FN3/c7-5-4-3(1-2-12(4)9)10-6(8)11-5/h1-2H2. The molecule has 0 atom stereocenters. The lowest BCUT2D eigenvalue weighted by atomic mass is 10.3. The summed E-state index contributed by atoms with van der Waals surface area (Å²) in [5.74, 6) is 0. The summed E-state index contributed by atoms with van der Waals surface area (Å²) in [5, 5.41) is 0.674. The number of aromatic nitrogens is 2. The van der Waals surface area contributed by atoms with Gasteiger partial charge in [-0.3, -0.25) is 0 Å². The van der Waals surface area contributed by atoms with E-state index in [9.17, 15) is 4.48 Å². The molecule has 0 aromatic carbocycles. The van der Waals surface area contributed by atoms with E-state index in [4.69, 9.17) is 23.2 Å². The Morgan fingerprint density at radius 3 is 2.83 bits per heavy atom. The minimum absolute atomic E-state index is 0.0639. The first-order valence-corrected chi connectivity index (χ1v) is 4.09. The normalized spacial score (nSPS) is 15.1. The number of hydrogen-bond donors (Lipinski definition) is 0. The SMILES string of the molecule is FN1CCc2nc(Cl)nc(Cl)c21. The van der Waals surface area contributed by atoms with Gasteiger partial charge in [-0.05, 0) is 11.6 Å². The van der Waals surface area contributed by atoms with Gasteiger partial charge in [-0.15, -0.1) is 0 Å². The van der Waals surface area contributed by atoms with E-state index < -0.39 is 0 Å². The lowest BCUT2D eigenvalue weighted by Gasteiger charge is -2.06. The topological polar surface area (TPSA) is 29.0 Å². The highest BCUT2D eigenvalue weighted by Crippen LogP contribution is 2.33. The molecule has 0 radical (unpaired) electrons. The third-order valence-corrected chi connectivity index (χ3v) is 2.11. The van der Waals surface area contributed by atoms with Crippen molar-refractivity contribution in [1.82, 2.24) is 9.97 Å². The Morgan fingerprint density at radius 2 is 2.08 bits per heavy atom. The molecule has 64 valence electrons. The summed E-state index contributed by atoms with van der Waals surface area (Å²) in [6.45, 7) is 0.268. The summed E-state index contributed by atoms with van der Waals surface area (Å²) in [7, 11) is 0. The zero-order valence-electron chi connectivity index (χ0n) is 5.89. The predicted molar refractivity (Wildman–Crippen MR) is 44.2 cm³/mol. The zero-order valence-corrected chi connectivity index (χ0v) is 7.40. The molecular weight excluding hydrogens is 204 g/mol. The molecule has 0 spiro atoms. The van der Waals surface area contributed by atoms with Gasteiger partial charge in [0, 0.05) is 6.42 Å². The van der Waals surface area contributed by atoms with E-state index >= 15 is 0 Å². The molecule has 1 aliphatic heterocycles. The van der Waals surface area contributed by atoms with Crippen molar-refractivity contribution in [1.29, 1.82) is 0 Å². The predicted octanol–water partition coefficient (Wildman–Crippen LogP) is 2.03. The third kappa shape index (κ3) is 1.11. The molecule has 0 fully saturated rings. The first kappa shape index (κ1) is 8.01. The summed E-state index contributed by atoms with van der Waals surface area (Å²) >= 11 is 11.2. The highest BCUT2D eigenvalue weighted by Gasteiger charge is 2.24. The second kappa shape index (κ2) is 2.71. The van der Waals surface area contributed by atoms with Crippen molar-refractivity contribution in [2.24, 2.45) is 0 Å². The summed E-state index contributed by atoms with van der Waals surface area (Å²) < 4.78 is 12.9. The van der Waals surface area contributed by atoms with Gasteiger partial charge in [0.15, 0.2) is 5.15 Å². The Hall–Kier alpha value is -0.610. The Morgan fingerprint density at radius 1 is 1.33 bits per heavy atom. The lowest BCUT2D eigenvalue weighted by molar-refractivity contribution is 0.450. The molecule has 0 amide bonds. The molecule has 3 nitrogen and oxygen atoms in total. The van der Waals surface area contributed by atoms with Crippen molar-refractivity contribution in [3.63, 3.8) is 0 Å². The van der Waals surface area contributed by atoms with E-state index in [1.807, 2.05) is 0 Å². The minimum Gasteiger partial charge on any atom is -0.221 e. The van der Waals surface area contributed by atoms with Crippen LogP contribution in [-0.4, -0.2) is 16.5 Å². The quantitative estimate of drug-likeness (QED) is 0.371. The van der Waals surface area contributed by atoms with Gasteiger partial charge in [0.25, 0.3) is 0 Å². The van der Waals surface area contributed by atoms with Crippen LogP contribution in [0.25, 0.3) is 0 Å². The zero-order chi connectivity index (χ0) is 8.72. The average Bonchev–Trinajstić information content (AvgIpc) is 2.31. The first-order valence-electron chi connectivity index (χ1n) is 3.33. The average molecular weight is 208 g/mol. The van der Waals surface area contributed by atoms with Gasteiger partial charge in [-0.2, -0.15) is 0 Å². The van der Waals surface area contributed by atoms with Crippen molar-refractivity contribution < 1.29 is 4.48 Å². The van der Waals surface area contributed by atoms with Crippen molar-refractivity contribution in [3.8, 4) is 0 Å². The molecule has 0 saturated carbocycles. The van der Waals surface area contributed by atoms with Crippen molar-refractivity contribution in [3.05, 3.63) is 16.1 Å². The highest BCUT2D eigenvalue weighted by atomic mass is 35.5. The molecule has 2 rings (SSSR count). The number of fused-ring (bicyclic) bond motifs is 1. The van der Waals surface area contributed by atoms with Crippen LogP contribution in [0.5, 0.6) is 0 Å². The summed E-state index contributed by atoms with van der Waals surface area (Å²) in [6, 6.07) is 0. The molecule has 0 N–H and O–H groups in total. The number of rotatable bonds is 0. The Balaban J connectivity index is 2.60. The van der Waals surface area contributed by atoms with Crippen LogP contribution in [0.1, 0.15) is 5.69 Å². The van der Waals surface area contributed by atoms with E-state index in [-0.39, 0.29) is 22.7 Å². The largest absolute Gasteiger partial charge is 0.224 e. The van der Waals surface area contributed by atoms with Gasteiger partial charge in [-0.1, -0.05) is 16.1 Å². The van der Waals surface area contributed by atoms with Crippen LogP contribution in [-0.2, 0) is 6.42 Å². The molecule has 0 aliphatic carbocycles. The molecule has 0 unspecified atom stereocenters. The van der Waals surface area contributed by atoms with Gasteiger partial charge >= 0.3 is 0 Å².